The lowest BCUT2D eigenvalue weighted by Crippen LogP contribution is -2.36. The molecule has 3 amide bonds. The molecule has 1 saturated carbocycles. The summed E-state index contributed by atoms with van der Waals surface area (Å²) in [6.07, 6.45) is 3.81. The van der Waals surface area contributed by atoms with E-state index in [1.807, 2.05) is 0 Å². The summed E-state index contributed by atoms with van der Waals surface area (Å²) in [6.45, 7) is 0.918. The average molecular weight is 309 g/mol. The number of nitrogens with zero attached hydrogens (tertiary/aromatic N) is 2. The highest BCUT2D eigenvalue weighted by atomic mass is 32.2. The molecule has 3 rings (SSSR count). The molecular formula is C14H19N3O3S. The number of thioether (sulfide) groups is 1. The molecule has 0 unspecified atom stereocenters. The second kappa shape index (κ2) is 6.17. The Morgan fingerprint density at radius 1 is 1.24 bits per heavy atom. The van der Waals surface area contributed by atoms with Gasteiger partial charge in [-0.15, -0.1) is 0 Å². The SMILES string of the molecule is O=C(CCN1C(=O)[C@H]2CCCC[C@@H]2C1=O)NC1=NCCS1. The smallest absolute Gasteiger partial charge is 0.233 e. The maximum atomic E-state index is 12.3. The Morgan fingerprint density at radius 3 is 2.48 bits per heavy atom. The second-order valence-electron chi connectivity index (χ2n) is 5.66. The van der Waals surface area contributed by atoms with Gasteiger partial charge in [-0.3, -0.25) is 24.3 Å². The van der Waals surface area contributed by atoms with Gasteiger partial charge in [0.1, 0.15) is 0 Å². The van der Waals surface area contributed by atoms with Gasteiger partial charge in [0.25, 0.3) is 0 Å². The van der Waals surface area contributed by atoms with Gasteiger partial charge in [-0.25, -0.2) is 0 Å². The number of likely N-dealkylation sites (tertiary alicyclic amines) is 1. The zero-order valence-electron chi connectivity index (χ0n) is 11.8. The molecule has 2 heterocycles. The average Bonchev–Trinajstić information content (AvgIpc) is 3.07. The van der Waals surface area contributed by atoms with Crippen molar-refractivity contribution in [2.45, 2.75) is 32.1 Å². The number of aliphatic imine (C=N–C) groups is 1. The Hall–Kier alpha value is -1.37. The second-order valence-corrected chi connectivity index (χ2v) is 6.74. The van der Waals surface area contributed by atoms with Crippen molar-refractivity contribution in [2.24, 2.45) is 16.8 Å². The van der Waals surface area contributed by atoms with Crippen LogP contribution in [-0.4, -0.2) is 46.6 Å². The molecule has 0 bridgehead atoms. The monoisotopic (exact) mass is 309 g/mol. The Labute approximate surface area is 127 Å². The van der Waals surface area contributed by atoms with Crippen LogP contribution in [0.4, 0.5) is 0 Å². The van der Waals surface area contributed by atoms with E-state index in [1.165, 1.54) is 16.7 Å². The summed E-state index contributed by atoms with van der Waals surface area (Å²) in [5.74, 6) is 0.282. The number of amidine groups is 1. The van der Waals surface area contributed by atoms with Crippen molar-refractivity contribution < 1.29 is 14.4 Å². The molecule has 3 aliphatic rings. The van der Waals surface area contributed by atoms with Crippen LogP contribution in [0.5, 0.6) is 0 Å². The number of rotatable bonds is 3. The van der Waals surface area contributed by atoms with E-state index in [0.717, 1.165) is 38.0 Å². The fourth-order valence-corrected chi connectivity index (χ4v) is 4.00. The summed E-state index contributed by atoms with van der Waals surface area (Å²) < 4.78 is 0. The summed E-state index contributed by atoms with van der Waals surface area (Å²) in [6, 6.07) is 0. The van der Waals surface area contributed by atoms with E-state index in [2.05, 4.69) is 10.3 Å². The van der Waals surface area contributed by atoms with Gasteiger partial charge >= 0.3 is 0 Å². The first-order valence-corrected chi connectivity index (χ1v) is 8.47. The number of amides is 3. The molecule has 2 atom stereocenters. The number of imide groups is 1. The highest BCUT2D eigenvalue weighted by molar-refractivity contribution is 8.14. The van der Waals surface area contributed by atoms with Crippen LogP contribution >= 0.6 is 11.8 Å². The van der Waals surface area contributed by atoms with Crippen LogP contribution in [0, 0.1) is 11.8 Å². The topological polar surface area (TPSA) is 78.8 Å². The van der Waals surface area contributed by atoms with E-state index in [9.17, 15) is 14.4 Å². The summed E-state index contributed by atoms with van der Waals surface area (Å²) >= 11 is 1.52. The Morgan fingerprint density at radius 2 is 1.90 bits per heavy atom. The first-order valence-electron chi connectivity index (χ1n) is 7.49. The Kier molecular flexibility index (Phi) is 4.28. The number of nitrogens with one attached hydrogen (secondary N) is 1. The fourth-order valence-electron chi connectivity index (χ4n) is 3.26. The van der Waals surface area contributed by atoms with Gasteiger partial charge in [0.15, 0.2) is 5.17 Å². The fraction of sp³-hybridized carbons (Fsp3) is 0.714. The molecule has 114 valence electrons. The molecule has 1 aliphatic carbocycles. The number of hydrogen-bond donors (Lipinski definition) is 1. The molecule has 0 spiro atoms. The van der Waals surface area contributed by atoms with E-state index < -0.39 is 0 Å². The van der Waals surface area contributed by atoms with E-state index in [4.69, 9.17) is 0 Å². The van der Waals surface area contributed by atoms with E-state index in [1.54, 1.807) is 0 Å². The molecule has 0 aromatic rings. The van der Waals surface area contributed by atoms with Crippen molar-refractivity contribution in [3.05, 3.63) is 0 Å². The number of carbonyl (C=O) groups is 3. The van der Waals surface area contributed by atoms with Gasteiger partial charge in [-0.05, 0) is 12.8 Å². The van der Waals surface area contributed by atoms with Crippen LogP contribution in [0.3, 0.4) is 0 Å². The predicted octanol–water partition coefficient (Wildman–Crippen LogP) is 0.771. The molecule has 0 aromatic heterocycles. The maximum absolute atomic E-state index is 12.3. The lowest BCUT2D eigenvalue weighted by Gasteiger charge is -2.19. The minimum Gasteiger partial charge on any atom is -0.305 e. The third-order valence-corrected chi connectivity index (χ3v) is 5.22. The van der Waals surface area contributed by atoms with Crippen LogP contribution in [-0.2, 0) is 14.4 Å². The molecule has 2 fully saturated rings. The lowest BCUT2D eigenvalue weighted by molar-refractivity contribution is -0.140. The summed E-state index contributed by atoms with van der Waals surface area (Å²) in [5, 5.41) is 3.37. The largest absolute Gasteiger partial charge is 0.305 e. The quantitative estimate of drug-likeness (QED) is 0.781. The van der Waals surface area contributed by atoms with Crippen LogP contribution in [0.1, 0.15) is 32.1 Å². The molecule has 6 nitrogen and oxygen atoms in total. The van der Waals surface area contributed by atoms with Crippen molar-refractivity contribution in [3.63, 3.8) is 0 Å². The maximum Gasteiger partial charge on any atom is 0.233 e. The summed E-state index contributed by atoms with van der Waals surface area (Å²) in [4.78, 5) is 41.8. The van der Waals surface area contributed by atoms with Crippen LogP contribution in [0.2, 0.25) is 0 Å². The molecule has 21 heavy (non-hydrogen) atoms. The number of fused-ring (bicyclic) bond motifs is 1. The Bertz CT molecular complexity index is 482. The van der Waals surface area contributed by atoms with Crippen molar-refractivity contribution in [3.8, 4) is 0 Å². The van der Waals surface area contributed by atoms with Gasteiger partial charge in [-0.2, -0.15) is 0 Å². The van der Waals surface area contributed by atoms with Crippen LogP contribution in [0.15, 0.2) is 4.99 Å². The van der Waals surface area contributed by atoms with E-state index in [0.29, 0.717) is 5.17 Å². The lowest BCUT2D eigenvalue weighted by atomic mass is 9.81. The molecule has 0 radical (unpaired) electrons. The van der Waals surface area contributed by atoms with Crippen molar-refractivity contribution in [1.29, 1.82) is 0 Å². The molecule has 1 N–H and O–H groups in total. The standard InChI is InChI=1S/C14H19N3O3S/c18-11(16-14-15-6-8-21-14)5-7-17-12(19)9-3-1-2-4-10(9)13(17)20/h9-10H,1-8H2,(H,15,16,18)/t9-,10-/m0/s1. The predicted molar refractivity (Wildman–Crippen MR) is 79.7 cm³/mol. The molecule has 1 saturated heterocycles. The third-order valence-electron chi connectivity index (χ3n) is 4.33. The molecule has 0 aromatic carbocycles. The number of hydrogen-bond acceptors (Lipinski definition) is 5. The highest BCUT2D eigenvalue weighted by Crippen LogP contribution is 2.37. The van der Waals surface area contributed by atoms with Gasteiger partial charge in [-0.1, -0.05) is 24.6 Å². The van der Waals surface area contributed by atoms with E-state index >= 15 is 0 Å². The van der Waals surface area contributed by atoms with Crippen molar-refractivity contribution in [2.75, 3.05) is 18.8 Å². The molecular weight excluding hydrogens is 290 g/mol. The summed E-state index contributed by atoms with van der Waals surface area (Å²) in [7, 11) is 0. The van der Waals surface area contributed by atoms with Crippen LogP contribution in [0.25, 0.3) is 0 Å². The first-order chi connectivity index (χ1) is 10.2. The first kappa shape index (κ1) is 14.6. The Balaban J connectivity index is 1.53. The number of carbonyl (C=O) groups excluding carboxylic acids is 3. The van der Waals surface area contributed by atoms with Crippen LogP contribution < -0.4 is 5.32 Å². The highest BCUT2D eigenvalue weighted by Gasteiger charge is 2.47. The molecule has 7 heteroatoms. The normalized spacial score (nSPS) is 28.6. The van der Waals surface area contributed by atoms with Crippen molar-refractivity contribution >= 4 is 34.7 Å². The van der Waals surface area contributed by atoms with Gasteiger partial charge in [0.05, 0.1) is 18.4 Å². The summed E-state index contributed by atoms with van der Waals surface area (Å²) in [5.41, 5.74) is 0. The zero-order chi connectivity index (χ0) is 14.8. The van der Waals surface area contributed by atoms with Crippen molar-refractivity contribution in [1.82, 2.24) is 10.2 Å². The van der Waals surface area contributed by atoms with Gasteiger partial charge in [0.2, 0.25) is 17.7 Å². The minimum absolute atomic E-state index is 0.0786. The third kappa shape index (κ3) is 2.97. The van der Waals surface area contributed by atoms with Gasteiger partial charge < -0.3 is 5.32 Å². The minimum atomic E-state index is -0.182. The zero-order valence-corrected chi connectivity index (χ0v) is 12.7. The molecule has 2 aliphatic heterocycles. The van der Waals surface area contributed by atoms with Gasteiger partial charge in [0, 0.05) is 18.7 Å². The van der Waals surface area contributed by atoms with E-state index in [-0.39, 0.29) is 42.5 Å².